The molecule has 10 heteroatoms. The molecule has 0 radical (unpaired) electrons. The molecule has 1 aromatic heterocycles. The second-order valence-corrected chi connectivity index (χ2v) is 8.94. The molecule has 2 saturated heterocycles. The SMILES string of the molecule is COc1ccc(Cn2nnnc2C2N3C(=O)C(N)C3SC2(C)C)cc1OC. The number of nitrogens with zero attached hydrogens (tertiary/aromatic N) is 5. The van der Waals surface area contributed by atoms with E-state index in [-0.39, 0.29) is 22.1 Å². The molecule has 2 fully saturated rings. The molecule has 1 amide bonds. The van der Waals surface area contributed by atoms with Crippen LogP contribution in [0.5, 0.6) is 11.5 Å². The fourth-order valence-electron chi connectivity index (χ4n) is 3.73. The molecule has 3 atom stereocenters. The van der Waals surface area contributed by atoms with Gasteiger partial charge in [0.25, 0.3) is 0 Å². The van der Waals surface area contributed by atoms with Gasteiger partial charge in [0, 0.05) is 4.75 Å². The Balaban J connectivity index is 1.65. The first-order valence-electron chi connectivity index (χ1n) is 8.60. The van der Waals surface area contributed by atoms with Crippen LogP contribution in [-0.4, -0.2) is 61.4 Å². The lowest BCUT2D eigenvalue weighted by atomic mass is 9.95. The van der Waals surface area contributed by atoms with Gasteiger partial charge in [-0.05, 0) is 42.0 Å². The van der Waals surface area contributed by atoms with Gasteiger partial charge < -0.3 is 20.1 Å². The van der Waals surface area contributed by atoms with Crippen molar-refractivity contribution in [3.63, 3.8) is 0 Å². The quantitative estimate of drug-likeness (QED) is 0.747. The van der Waals surface area contributed by atoms with E-state index in [1.807, 2.05) is 23.1 Å². The average Bonchev–Trinajstić information content (AvgIpc) is 3.20. The summed E-state index contributed by atoms with van der Waals surface area (Å²) in [5.41, 5.74) is 6.93. The summed E-state index contributed by atoms with van der Waals surface area (Å²) in [7, 11) is 3.20. The van der Waals surface area contributed by atoms with Gasteiger partial charge in [-0.2, -0.15) is 0 Å². The van der Waals surface area contributed by atoms with Crippen LogP contribution in [0.4, 0.5) is 0 Å². The molecular weight excluding hydrogens is 368 g/mol. The number of hydrogen-bond acceptors (Lipinski definition) is 8. The maximum atomic E-state index is 12.3. The van der Waals surface area contributed by atoms with Crippen molar-refractivity contribution in [3.05, 3.63) is 29.6 Å². The van der Waals surface area contributed by atoms with E-state index in [0.717, 1.165) is 5.56 Å². The normalized spacial score (nSPS) is 25.9. The van der Waals surface area contributed by atoms with E-state index >= 15 is 0 Å². The molecule has 3 unspecified atom stereocenters. The zero-order valence-electron chi connectivity index (χ0n) is 15.6. The molecule has 0 spiro atoms. The predicted molar refractivity (Wildman–Crippen MR) is 99.5 cm³/mol. The maximum absolute atomic E-state index is 12.3. The zero-order valence-corrected chi connectivity index (χ0v) is 16.4. The highest BCUT2D eigenvalue weighted by atomic mass is 32.2. The van der Waals surface area contributed by atoms with Gasteiger partial charge in [-0.1, -0.05) is 6.07 Å². The number of hydrogen-bond donors (Lipinski definition) is 1. The summed E-state index contributed by atoms with van der Waals surface area (Å²) in [4.78, 5) is 14.2. The lowest BCUT2D eigenvalue weighted by Crippen LogP contribution is -2.65. The van der Waals surface area contributed by atoms with Crippen LogP contribution in [-0.2, 0) is 11.3 Å². The van der Waals surface area contributed by atoms with Gasteiger partial charge in [-0.15, -0.1) is 16.9 Å². The molecule has 27 heavy (non-hydrogen) atoms. The molecule has 2 aromatic rings. The Hall–Kier alpha value is -2.33. The number of nitrogens with two attached hydrogens (primary N) is 1. The lowest BCUT2D eigenvalue weighted by Gasteiger charge is -2.42. The first-order valence-corrected chi connectivity index (χ1v) is 9.48. The van der Waals surface area contributed by atoms with Crippen LogP contribution in [0.3, 0.4) is 0 Å². The number of methoxy groups -OCH3 is 2. The molecule has 9 nitrogen and oxygen atoms in total. The van der Waals surface area contributed by atoms with Crippen molar-refractivity contribution in [2.45, 2.75) is 42.6 Å². The van der Waals surface area contributed by atoms with Crippen LogP contribution in [0.1, 0.15) is 31.3 Å². The van der Waals surface area contributed by atoms with Crippen molar-refractivity contribution in [3.8, 4) is 11.5 Å². The zero-order chi connectivity index (χ0) is 19.3. The standard InChI is InChI=1S/C17H22N6O3S/c1-17(2)13(23-15(24)12(18)16(23)27-17)14-19-20-21-22(14)8-9-5-6-10(25-3)11(7-9)26-4/h5-7,12-13,16H,8,18H2,1-4H3. The Kier molecular flexibility index (Phi) is 4.26. The summed E-state index contributed by atoms with van der Waals surface area (Å²) < 4.78 is 12.1. The number of fused-ring (bicyclic) bond motifs is 1. The van der Waals surface area contributed by atoms with Gasteiger partial charge >= 0.3 is 0 Å². The minimum absolute atomic E-state index is 0.0243. The van der Waals surface area contributed by atoms with Gasteiger partial charge in [0.15, 0.2) is 17.3 Å². The van der Waals surface area contributed by atoms with Crippen molar-refractivity contribution < 1.29 is 14.3 Å². The van der Waals surface area contributed by atoms with Crippen molar-refractivity contribution in [1.82, 2.24) is 25.1 Å². The molecule has 4 rings (SSSR count). The summed E-state index contributed by atoms with van der Waals surface area (Å²) in [5, 5.41) is 12.2. The first kappa shape index (κ1) is 18.1. The van der Waals surface area contributed by atoms with Crippen LogP contribution in [0.2, 0.25) is 0 Å². The Morgan fingerprint density at radius 1 is 1.26 bits per heavy atom. The molecule has 3 heterocycles. The van der Waals surface area contributed by atoms with Crippen molar-refractivity contribution >= 4 is 17.7 Å². The number of aromatic nitrogens is 4. The smallest absolute Gasteiger partial charge is 0.244 e. The molecule has 2 aliphatic heterocycles. The van der Waals surface area contributed by atoms with Gasteiger partial charge in [0.05, 0.1) is 20.8 Å². The number of β-lactam (4-membered cyclic amide) rings is 1. The second kappa shape index (κ2) is 6.38. The van der Waals surface area contributed by atoms with E-state index in [4.69, 9.17) is 15.2 Å². The molecular formula is C17H22N6O3S. The molecule has 2 aliphatic rings. The Bertz CT molecular complexity index is 885. The van der Waals surface area contributed by atoms with E-state index in [1.54, 1.807) is 30.7 Å². The number of carbonyl (C=O) groups is 1. The molecule has 0 saturated carbocycles. The number of amides is 1. The number of benzene rings is 1. The van der Waals surface area contributed by atoms with Crippen molar-refractivity contribution in [2.24, 2.45) is 5.73 Å². The summed E-state index contributed by atoms with van der Waals surface area (Å²) in [6.45, 7) is 4.64. The minimum Gasteiger partial charge on any atom is -0.493 e. The minimum atomic E-state index is -0.450. The second-order valence-electron chi connectivity index (χ2n) is 7.17. The van der Waals surface area contributed by atoms with Crippen molar-refractivity contribution in [2.75, 3.05) is 14.2 Å². The summed E-state index contributed by atoms with van der Waals surface area (Å²) in [6, 6.07) is 5.01. The number of ether oxygens (including phenoxy) is 2. The molecule has 144 valence electrons. The predicted octanol–water partition coefficient (Wildman–Crippen LogP) is 0.801. The van der Waals surface area contributed by atoms with E-state index in [1.165, 1.54) is 0 Å². The highest BCUT2D eigenvalue weighted by Crippen LogP contribution is 2.56. The third-order valence-electron chi connectivity index (χ3n) is 5.07. The molecule has 0 bridgehead atoms. The third-order valence-corrected chi connectivity index (χ3v) is 6.66. The highest BCUT2D eigenvalue weighted by Gasteiger charge is 2.62. The first-order chi connectivity index (χ1) is 12.9. The number of thioether (sulfide) groups is 1. The molecule has 1 aromatic carbocycles. The highest BCUT2D eigenvalue weighted by molar-refractivity contribution is 8.01. The lowest BCUT2D eigenvalue weighted by molar-refractivity contribution is -0.147. The summed E-state index contributed by atoms with van der Waals surface area (Å²) in [5.74, 6) is 1.91. The number of carbonyl (C=O) groups excluding carboxylic acids is 1. The van der Waals surface area contributed by atoms with E-state index in [2.05, 4.69) is 29.4 Å². The average molecular weight is 390 g/mol. The molecule has 2 N–H and O–H groups in total. The largest absolute Gasteiger partial charge is 0.493 e. The Morgan fingerprint density at radius 3 is 2.70 bits per heavy atom. The molecule has 0 aliphatic carbocycles. The van der Waals surface area contributed by atoms with Gasteiger partial charge in [0.1, 0.15) is 17.5 Å². The van der Waals surface area contributed by atoms with Crippen LogP contribution >= 0.6 is 11.8 Å². The topological polar surface area (TPSA) is 108 Å². The van der Waals surface area contributed by atoms with Crippen LogP contribution in [0.15, 0.2) is 18.2 Å². The summed E-state index contributed by atoms with van der Waals surface area (Å²) in [6.07, 6.45) is 0. The third kappa shape index (κ3) is 2.74. The monoisotopic (exact) mass is 390 g/mol. The summed E-state index contributed by atoms with van der Waals surface area (Å²) >= 11 is 1.70. The Labute approximate surface area is 161 Å². The van der Waals surface area contributed by atoms with Crippen molar-refractivity contribution in [1.29, 1.82) is 0 Å². The maximum Gasteiger partial charge on any atom is 0.244 e. The number of rotatable bonds is 5. The van der Waals surface area contributed by atoms with Crippen LogP contribution < -0.4 is 15.2 Å². The van der Waals surface area contributed by atoms with E-state index in [9.17, 15) is 4.79 Å². The fraction of sp³-hybridized carbons (Fsp3) is 0.529. The number of tetrazole rings is 1. The van der Waals surface area contributed by atoms with Gasteiger partial charge in [-0.25, -0.2) is 4.68 Å². The van der Waals surface area contributed by atoms with Crippen LogP contribution in [0, 0.1) is 0 Å². The van der Waals surface area contributed by atoms with E-state index in [0.29, 0.717) is 23.9 Å². The van der Waals surface area contributed by atoms with E-state index < -0.39 is 6.04 Å². The van der Waals surface area contributed by atoms with Gasteiger partial charge in [0.2, 0.25) is 5.91 Å². The Morgan fingerprint density at radius 2 is 2.00 bits per heavy atom. The van der Waals surface area contributed by atoms with Crippen LogP contribution in [0.25, 0.3) is 0 Å². The van der Waals surface area contributed by atoms with Gasteiger partial charge in [-0.3, -0.25) is 4.79 Å². The fourth-order valence-corrected chi connectivity index (χ4v) is 5.30.